The Morgan fingerprint density at radius 1 is 0.600 bits per heavy atom. The minimum absolute atomic E-state index is 1.24. The number of hydrogen-bond donors (Lipinski definition) is 0. The Morgan fingerprint density at radius 3 is 1.13 bits per heavy atom. The first-order chi connectivity index (χ1) is 7.10. The summed E-state index contributed by atoms with van der Waals surface area (Å²) in [6.07, 6.45) is 2.60. The molecule has 5 heteroatoms. The molecule has 0 aliphatic carbocycles. The summed E-state index contributed by atoms with van der Waals surface area (Å²) >= 11 is 0. The topological polar surface area (TPSA) is 13.0 Å². The van der Waals surface area contributed by atoms with Crippen LogP contribution in [0.1, 0.15) is 12.8 Å². The van der Waals surface area contributed by atoms with E-state index >= 15 is 0 Å². The lowest BCUT2D eigenvalue weighted by molar-refractivity contribution is 0.235. The molecule has 0 saturated carbocycles. The van der Waals surface area contributed by atoms with E-state index in [1.807, 2.05) is 0 Å². The van der Waals surface area contributed by atoms with E-state index in [1.54, 1.807) is 0 Å². The van der Waals surface area contributed by atoms with Crippen LogP contribution in [0.5, 0.6) is 0 Å². The molecule has 0 unspecified atom stereocenters. The lowest BCUT2D eigenvalue weighted by Gasteiger charge is -2.51. The predicted molar refractivity (Wildman–Crippen MR) is 66.7 cm³/mol. The zero-order valence-electron chi connectivity index (χ0n) is 10.5. The maximum atomic E-state index is 2.59. The third kappa shape index (κ3) is 1.63. The molecule has 0 bridgehead atoms. The molecular weight excluding hydrogens is 207 g/mol. The quantitative estimate of drug-likeness (QED) is 0.581. The van der Waals surface area contributed by atoms with Crippen molar-refractivity contribution >= 4 is 7.87 Å². The Balaban J connectivity index is 2.32. The highest BCUT2D eigenvalue weighted by atomic mass is 31.2. The molecule has 0 atom stereocenters. The van der Waals surface area contributed by atoms with Gasteiger partial charge in [-0.2, -0.15) is 0 Å². The molecule has 0 aromatic carbocycles. The van der Waals surface area contributed by atoms with Crippen molar-refractivity contribution in [1.29, 1.82) is 0 Å². The molecule has 15 heavy (non-hydrogen) atoms. The monoisotopic (exact) mass is 231 g/mol. The summed E-state index contributed by atoms with van der Waals surface area (Å²) in [5.41, 5.74) is 0. The second-order valence-electron chi connectivity index (χ2n) is 4.77. The van der Waals surface area contributed by atoms with Crippen molar-refractivity contribution in [2.24, 2.45) is 0 Å². The number of hydrogen-bond acceptors (Lipinski definition) is 4. The van der Waals surface area contributed by atoms with Crippen LogP contribution in [0, 0.1) is 0 Å². The fraction of sp³-hybridized carbons (Fsp3) is 1.00. The van der Waals surface area contributed by atoms with Crippen LogP contribution in [0.4, 0.5) is 0 Å². The zero-order chi connectivity index (χ0) is 11.1. The van der Waals surface area contributed by atoms with Crippen molar-refractivity contribution in [2.45, 2.75) is 12.8 Å². The lowest BCUT2D eigenvalue weighted by Crippen LogP contribution is -2.54. The van der Waals surface area contributed by atoms with E-state index in [1.165, 1.54) is 39.0 Å². The van der Waals surface area contributed by atoms with Gasteiger partial charge in [0.05, 0.1) is 0 Å². The van der Waals surface area contributed by atoms with Crippen LogP contribution in [-0.2, 0) is 0 Å². The van der Waals surface area contributed by atoms with Crippen LogP contribution >= 0.6 is 7.87 Å². The second-order valence-corrected chi connectivity index (χ2v) is 8.57. The Kier molecular flexibility index (Phi) is 3.34. The summed E-state index contributed by atoms with van der Waals surface area (Å²) in [5, 5.41) is 0. The van der Waals surface area contributed by atoms with Crippen LogP contribution in [0.15, 0.2) is 0 Å². The first-order valence-corrected chi connectivity index (χ1v) is 7.45. The Hall–Kier alpha value is 0.270. The van der Waals surface area contributed by atoms with Gasteiger partial charge < -0.3 is 0 Å². The van der Waals surface area contributed by atoms with E-state index in [0.29, 0.717) is 0 Å². The van der Waals surface area contributed by atoms with E-state index in [2.05, 4.69) is 46.9 Å². The lowest BCUT2D eigenvalue weighted by atomic mass is 10.4. The van der Waals surface area contributed by atoms with Crippen LogP contribution < -0.4 is 0 Å². The maximum Gasteiger partial charge on any atom is 0.307 e. The van der Waals surface area contributed by atoms with E-state index in [4.69, 9.17) is 0 Å². The molecule has 2 heterocycles. The molecule has 2 aliphatic rings. The summed E-state index contributed by atoms with van der Waals surface area (Å²) in [7, 11) is 7.86. The minimum atomic E-state index is -1.32. The van der Waals surface area contributed by atoms with Crippen molar-refractivity contribution in [2.75, 3.05) is 54.4 Å². The highest BCUT2D eigenvalue weighted by Crippen LogP contribution is 2.70. The van der Waals surface area contributed by atoms with Crippen LogP contribution in [-0.4, -0.2) is 73.1 Å². The SMILES string of the molecule is CN1CCCN(C)[P+]12N(C)CCCN2C. The predicted octanol–water partition coefficient (Wildman–Crippen LogP) is 1.20. The van der Waals surface area contributed by atoms with E-state index < -0.39 is 7.87 Å². The van der Waals surface area contributed by atoms with Crippen molar-refractivity contribution < 1.29 is 0 Å². The molecular formula is C10H24N4P+. The molecule has 0 radical (unpaired) electrons. The third-order valence-corrected chi connectivity index (χ3v) is 8.22. The minimum Gasteiger partial charge on any atom is -0.136 e. The molecule has 88 valence electrons. The van der Waals surface area contributed by atoms with Crippen LogP contribution in [0.2, 0.25) is 0 Å². The summed E-state index contributed by atoms with van der Waals surface area (Å²) in [4.78, 5) is 0. The van der Waals surface area contributed by atoms with Gasteiger partial charge in [0.2, 0.25) is 0 Å². The Labute approximate surface area is 94.4 Å². The smallest absolute Gasteiger partial charge is 0.136 e. The van der Waals surface area contributed by atoms with E-state index in [0.717, 1.165) is 0 Å². The molecule has 0 aromatic heterocycles. The number of nitrogens with zero attached hydrogens (tertiary/aromatic N) is 4. The molecule has 4 nitrogen and oxygen atoms in total. The molecule has 0 N–H and O–H groups in total. The van der Waals surface area contributed by atoms with Gasteiger partial charge in [-0.1, -0.05) is 0 Å². The zero-order valence-corrected chi connectivity index (χ0v) is 11.4. The Morgan fingerprint density at radius 2 is 0.867 bits per heavy atom. The summed E-state index contributed by atoms with van der Waals surface area (Å²) in [5.74, 6) is 0. The molecule has 2 fully saturated rings. The first-order valence-electron chi connectivity index (χ1n) is 5.85. The maximum absolute atomic E-state index is 2.59. The van der Waals surface area contributed by atoms with E-state index in [-0.39, 0.29) is 0 Å². The Bertz CT molecular complexity index is 188. The molecule has 1 spiro atoms. The van der Waals surface area contributed by atoms with Gasteiger partial charge in [0.25, 0.3) is 0 Å². The van der Waals surface area contributed by atoms with Gasteiger partial charge in [-0.05, 0) is 12.8 Å². The molecule has 2 aliphatic heterocycles. The van der Waals surface area contributed by atoms with Crippen molar-refractivity contribution in [3.63, 3.8) is 0 Å². The molecule has 2 rings (SSSR count). The van der Waals surface area contributed by atoms with Crippen LogP contribution in [0.3, 0.4) is 0 Å². The average molecular weight is 231 g/mol. The normalized spacial score (nSPS) is 31.2. The van der Waals surface area contributed by atoms with Gasteiger partial charge in [-0.3, -0.25) is 0 Å². The summed E-state index contributed by atoms with van der Waals surface area (Å²) in [6.45, 7) is 4.97. The summed E-state index contributed by atoms with van der Waals surface area (Å²) < 4.78 is 10.4. The molecule has 0 aromatic rings. The highest BCUT2D eigenvalue weighted by molar-refractivity contribution is 7.66. The number of rotatable bonds is 0. The van der Waals surface area contributed by atoms with Crippen molar-refractivity contribution in [3.8, 4) is 0 Å². The van der Waals surface area contributed by atoms with Gasteiger partial charge in [0.1, 0.15) is 0 Å². The molecule has 0 amide bonds. The summed E-state index contributed by atoms with van der Waals surface area (Å²) in [6, 6.07) is 0. The van der Waals surface area contributed by atoms with Gasteiger partial charge >= 0.3 is 7.87 Å². The first kappa shape index (κ1) is 11.7. The second kappa shape index (κ2) is 4.27. The van der Waals surface area contributed by atoms with Gasteiger partial charge in [-0.15, -0.1) is 18.7 Å². The van der Waals surface area contributed by atoms with E-state index in [9.17, 15) is 0 Å². The van der Waals surface area contributed by atoms with Gasteiger partial charge in [0, 0.05) is 54.4 Å². The fourth-order valence-corrected chi connectivity index (χ4v) is 7.92. The van der Waals surface area contributed by atoms with Crippen molar-refractivity contribution in [3.05, 3.63) is 0 Å². The standard InChI is InChI=1S/C10H24N4P/c1-11-7-5-8-12(2)15(11)13(3)9-6-10-14(15)4/h5-10H2,1-4H3/q+1. The fourth-order valence-electron chi connectivity index (χ4n) is 3.16. The van der Waals surface area contributed by atoms with Crippen molar-refractivity contribution in [1.82, 2.24) is 18.7 Å². The molecule has 2 saturated heterocycles. The van der Waals surface area contributed by atoms with Crippen LogP contribution in [0.25, 0.3) is 0 Å². The van der Waals surface area contributed by atoms with Gasteiger partial charge in [-0.25, -0.2) is 0 Å². The average Bonchev–Trinajstić information content (AvgIpc) is 2.17. The third-order valence-electron chi connectivity index (χ3n) is 3.76. The van der Waals surface area contributed by atoms with Gasteiger partial charge in [0.15, 0.2) is 0 Å². The largest absolute Gasteiger partial charge is 0.307 e. The highest BCUT2D eigenvalue weighted by Gasteiger charge is 2.59.